The number of aliphatic carboxylic acids is 1. The smallest absolute Gasteiger partial charge is 0.315 e. The molecule has 1 unspecified atom stereocenters. The quantitative estimate of drug-likeness (QED) is 0.553. The monoisotopic (exact) mass is 287 g/mol. The lowest BCUT2D eigenvalue weighted by Crippen LogP contribution is -2.48. The zero-order valence-corrected chi connectivity index (χ0v) is 12.6. The first-order valence-electron chi connectivity index (χ1n) is 6.71. The highest BCUT2D eigenvalue weighted by Crippen LogP contribution is 2.04. The van der Waals surface area contributed by atoms with E-state index in [4.69, 9.17) is 5.11 Å². The van der Waals surface area contributed by atoms with Crippen LogP contribution >= 0.6 is 0 Å². The molecule has 0 spiro atoms. The van der Waals surface area contributed by atoms with Gasteiger partial charge in [0.1, 0.15) is 0 Å². The van der Waals surface area contributed by atoms with Crippen LogP contribution in [0.15, 0.2) is 0 Å². The number of hydrogen-bond acceptors (Lipinski definition) is 3. The molecule has 7 nitrogen and oxygen atoms in total. The maximum atomic E-state index is 11.5. The fourth-order valence-corrected chi connectivity index (χ4v) is 1.56. The second-order valence-electron chi connectivity index (χ2n) is 5.69. The van der Waals surface area contributed by atoms with Crippen LogP contribution in [0.2, 0.25) is 0 Å². The molecule has 0 bridgehead atoms. The van der Waals surface area contributed by atoms with Gasteiger partial charge in [-0.15, -0.1) is 0 Å². The van der Waals surface area contributed by atoms with Crippen LogP contribution in [0, 0.1) is 5.92 Å². The van der Waals surface area contributed by atoms with E-state index in [9.17, 15) is 14.4 Å². The van der Waals surface area contributed by atoms with Crippen molar-refractivity contribution in [3.63, 3.8) is 0 Å². The molecule has 3 amide bonds. The van der Waals surface area contributed by atoms with Crippen molar-refractivity contribution < 1.29 is 19.5 Å². The third kappa shape index (κ3) is 9.18. The van der Waals surface area contributed by atoms with Crippen molar-refractivity contribution in [2.75, 3.05) is 13.1 Å². The molecule has 0 aliphatic carbocycles. The molecule has 0 aliphatic rings. The first-order chi connectivity index (χ1) is 9.15. The van der Waals surface area contributed by atoms with E-state index in [0.29, 0.717) is 6.42 Å². The Balaban J connectivity index is 4.00. The Bertz CT molecular complexity index is 350. The molecule has 0 radical (unpaired) electrons. The van der Waals surface area contributed by atoms with Crippen LogP contribution in [0.5, 0.6) is 0 Å². The fraction of sp³-hybridized carbons (Fsp3) is 0.769. The van der Waals surface area contributed by atoms with Crippen molar-refractivity contribution in [2.45, 2.75) is 46.1 Å². The van der Waals surface area contributed by atoms with E-state index in [0.717, 1.165) is 6.42 Å². The molecule has 0 aromatic carbocycles. The Morgan fingerprint density at radius 2 is 1.75 bits per heavy atom. The summed E-state index contributed by atoms with van der Waals surface area (Å²) in [6, 6.07) is -0.545. The summed E-state index contributed by atoms with van der Waals surface area (Å²) >= 11 is 0. The average Bonchev–Trinajstić information content (AvgIpc) is 2.29. The van der Waals surface area contributed by atoms with Crippen LogP contribution in [-0.4, -0.2) is 41.6 Å². The van der Waals surface area contributed by atoms with E-state index in [1.165, 1.54) is 0 Å². The van der Waals surface area contributed by atoms with Crippen LogP contribution in [0.25, 0.3) is 0 Å². The number of carboxylic acids is 1. The lowest BCUT2D eigenvalue weighted by atomic mass is 10.0. The lowest BCUT2D eigenvalue weighted by Gasteiger charge is -2.20. The lowest BCUT2D eigenvalue weighted by molar-refractivity contribution is -0.141. The SMILES string of the molecule is CCCC(CNC(=O)NCC(=O)NC(C)(C)C)C(=O)O. The van der Waals surface area contributed by atoms with Gasteiger partial charge in [0.2, 0.25) is 5.91 Å². The minimum atomic E-state index is -0.933. The van der Waals surface area contributed by atoms with Gasteiger partial charge < -0.3 is 21.1 Å². The van der Waals surface area contributed by atoms with Gasteiger partial charge in [0.25, 0.3) is 0 Å². The van der Waals surface area contributed by atoms with Crippen LogP contribution < -0.4 is 16.0 Å². The molecule has 0 heterocycles. The molecule has 0 fully saturated rings. The molecular weight excluding hydrogens is 262 g/mol. The molecule has 7 heteroatoms. The van der Waals surface area contributed by atoms with Gasteiger partial charge in [-0.1, -0.05) is 13.3 Å². The van der Waals surface area contributed by atoms with E-state index in [1.54, 1.807) is 0 Å². The molecule has 116 valence electrons. The van der Waals surface area contributed by atoms with Gasteiger partial charge in [0, 0.05) is 12.1 Å². The molecular formula is C13H25N3O4. The zero-order valence-electron chi connectivity index (χ0n) is 12.6. The molecule has 1 atom stereocenters. The standard InChI is InChI=1S/C13H25N3O4/c1-5-6-9(11(18)19)7-14-12(20)15-8-10(17)16-13(2,3)4/h9H,5-8H2,1-4H3,(H,16,17)(H,18,19)(H2,14,15,20). The second kappa shape index (κ2) is 8.39. The Labute approximate surface area is 119 Å². The number of rotatable bonds is 7. The van der Waals surface area contributed by atoms with Crippen LogP contribution in [0.4, 0.5) is 4.79 Å². The van der Waals surface area contributed by atoms with E-state index >= 15 is 0 Å². The van der Waals surface area contributed by atoms with Crippen molar-refractivity contribution in [3.05, 3.63) is 0 Å². The highest BCUT2D eigenvalue weighted by molar-refractivity contribution is 5.84. The number of nitrogens with one attached hydrogen (secondary N) is 3. The highest BCUT2D eigenvalue weighted by Gasteiger charge is 2.18. The van der Waals surface area contributed by atoms with Gasteiger partial charge in [-0.3, -0.25) is 9.59 Å². The van der Waals surface area contributed by atoms with Crippen LogP contribution in [0.3, 0.4) is 0 Å². The molecule has 0 saturated carbocycles. The summed E-state index contributed by atoms with van der Waals surface area (Å²) in [6.45, 7) is 7.31. The summed E-state index contributed by atoms with van der Waals surface area (Å²) in [6.07, 6.45) is 1.23. The number of urea groups is 1. The average molecular weight is 287 g/mol. The van der Waals surface area contributed by atoms with Gasteiger partial charge in [0.15, 0.2) is 0 Å². The molecule has 20 heavy (non-hydrogen) atoms. The van der Waals surface area contributed by atoms with Gasteiger partial charge >= 0.3 is 12.0 Å². The molecule has 4 N–H and O–H groups in total. The third-order valence-electron chi connectivity index (χ3n) is 2.42. The maximum Gasteiger partial charge on any atom is 0.315 e. The van der Waals surface area contributed by atoms with E-state index in [-0.39, 0.29) is 24.5 Å². The summed E-state index contributed by atoms with van der Waals surface area (Å²) in [5.41, 5.74) is -0.356. The van der Waals surface area contributed by atoms with Crippen molar-refractivity contribution in [3.8, 4) is 0 Å². The first kappa shape index (κ1) is 18.2. The number of carbonyl (C=O) groups is 3. The van der Waals surface area contributed by atoms with Gasteiger partial charge in [0.05, 0.1) is 12.5 Å². The fourth-order valence-electron chi connectivity index (χ4n) is 1.56. The second-order valence-corrected chi connectivity index (χ2v) is 5.69. The Morgan fingerprint density at radius 1 is 1.15 bits per heavy atom. The predicted molar refractivity (Wildman–Crippen MR) is 75.3 cm³/mol. The summed E-state index contributed by atoms with van der Waals surface area (Å²) in [5, 5.41) is 16.5. The molecule has 0 aliphatic heterocycles. The number of carboxylic acid groups (broad SMARTS) is 1. The summed E-state index contributed by atoms with van der Waals surface area (Å²) in [4.78, 5) is 33.8. The van der Waals surface area contributed by atoms with Gasteiger partial charge in [-0.25, -0.2) is 4.79 Å². The normalized spacial score (nSPS) is 12.4. The topological polar surface area (TPSA) is 108 Å². The minimum absolute atomic E-state index is 0.0515. The third-order valence-corrected chi connectivity index (χ3v) is 2.42. The maximum absolute atomic E-state index is 11.5. The number of hydrogen-bond donors (Lipinski definition) is 4. The van der Waals surface area contributed by atoms with E-state index < -0.39 is 17.9 Å². The molecule has 0 aromatic rings. The highest BCUT2D eigenvalue weighted by atomic mass is 16.4. The summed E-state index contributed by atoms with van der Waals surface area (Å²) in [7, 11) is 0. The number of amides is 3. The van der Waals surface area contributed by atoms with Crippen LogP contribution in [-0.2, 0) is 9.59 Å². The van der Waals surface area contributed by atoms with E-state index in [1.807, 2.05) is 27.7 Å². The Hall–Kier alpha value is -1.79. The van der Waals surface area contributed by atoms with Gasteiger partial charge in [-0.2, -0.15) is 0 Å². The summed E-state index contributed by atoms with van der Waals surface area (Å²) < 4.78 is 0. The Morgan fingerprint density at radius 3 is 2.20 bits per heavy atom. The largest absolute Gasteiger partial charge is 0.481 e. The molecule has 0 aromatic heterocycles. The van der Waals surface area contributed by atoms with Gasteiger partial charge in [-0.05, 0) is 27.2 Å². The van der Waals surface area contributed by atoms with Crippen molar-refractivity contribution >= 4 is 17.9 Å². The van der Waals surface area contributed by atoms with Crippen LogP contribution in [0.1, 0.15) is 40.5 Å². The minimum Gasteiger partial charge on any atom is -0.481 e. The Kier molecular flexibility index (Phi) is 7.64. The van der Waals surface area contributed by atoms with Crippen molar-refractivity contribution in [1.82, 2.24) is 16.0 Å². The zero-order chi connectivity index (χ0) is 15.8. The number of carbonyl (C=O) groups excluding carboxylic acids is 2. The first-order valence-corrected chi connectivity index (χ1v) is 6.71. The summed E-state index contributed by atoms with van der Waals surface area (Å²) in [5.74, 6) is -1.83. The predicted octanol–water partition coefficient (Wildman–Crippen LogP) is 0.701. The molecule has 0 saturated heterocycles. The van der Waals surface area contributed by atoms with E-state index in [2.05, 4.69) is 16.0 Å². The molecule has 0 rings (SSSR count). The van der Waals surface area contributed by atoms with Crippen molar-refractivity contribution in [2.24, 2.45) is 5.92 Å². The van der Waals surface area contributed by atoms with Crippen molar-refractivity contribution in [1.29, 1.82) is 0 Å².